The number of nitrogens with one attached hydrogen (secondary N) is 3. The van der Waals surface area contributed by atoms with E-state index in [4.69, 9.17) is 10.5 Å². The van der Waals surface area contributed by atoms with Crippen LogP contribution in [0.1, 0.15) is 49.0 Å². The molecule has 3 amide bonds. The summed E-state index contributed by atoms with van der Waals surface area (Å²) in [5.74, 6) is 0.215. The second-order valence-corrected chi connectivity index (χ2v) is 9.46. The summed E-state index contributed by atoms with van der Waals surface area (Å²) in [5, 5.41) is 6.53. The number of rotatable bonds is 6. The molecule has 1 aliphatic carbocycles. The van der Waals surface area contributed by atoms with Gasteiger partial charge in [-0.15, -0.1) is 0 Å². The third-order valence-corrected chi connectivity index (χ3v) is 7.49. The summed E-state index contributed by atoms with van der Waals surface area (Å²) in [7, 11) is 1.60. The van der Waals surface area contributed by atoms with Gasteiger partial charge in [-0.3, -0.25) is 14.4 Å². The Kier molecular flexibility index (Phi) is 5.74. The number of aromatic nitrogens is 1. The molecule has 1 aromatic heterocycles. The van der Waals surface area contributed by atoms with E-state index in [-0.39, 0.29) is 35.6 Å². The maximum absolute atomic E-state index is 13.7. The van der Waals surface area contributed by atoms with E-state index in [2.05, 4.69) is 15.6 Å². The van der Waals surface area contributed by atoms with Gasteiger partial charge in [0.15, 0.2) is 0 Å². The number of fused-ring (bicyclic) bond motifs is 4. The molecule has 3 aliphatic heterocycles. The SMILES string of the molecule is COc1cccc2[nH]c(C(=O)N3C4CCC(CC4)[C@H]3C(=O)N[C@H](N)C[C@@H]3CCNC3=O)cc12. The zero-order valence-electron chi connectivity index (χ0n) is 18.8. The van der Waals surface area contributed by atoms with Gasteiger partial charge in [0.1, 0.15) is 17.5 Å². The maximum atomic E-state index is 13.7. The number of methoxy groups -OCH3 is 1. The fraction of sp³-hybridized carbons (Fsp3) is 0.542. The molecular weight excluding hydrogens is 422 g/mol. The normalized spacial score (nSPS) is 27.5. The summed E-state index contributed by atoms with van der Waals surface area (Å²) in [5.41, 5.74) is 7.47. The van der Waals surface area contributed by atoms with Gasteiger partial charge in [0.25, 0.3) is 5.91 Å². The molecule has 2 aromatic rings. The molecule has 1 saturated carbocycles. The molecule has 4 heterocycles. The van der Waals surface area contributed by atoms with Crippen molar-refractivity contribution in [3.63, 3.8) is 0 Å². The molecule has 9 heteroatoms. The highest BCUT2D eigenvalue weighted by molar-refractivity contribution is 6.02. The van der Waals surface area contributed by atoms with Crippen molar-refractivity contribution >= 4 is 28.6 Å². The fourth-order valence-electron chi connectivity index (χ4n) is 5.85. The van der Waals surface area contributed by atoms with E-state index in [1.165, 1.54) is 0 Å². The van der Waals surface area contributed by atoms with Gasteiger partial charge in [0, 0.05) is 29.4 Å². The molecule has 0 radical (unpaired) electrons. The number of hydrogen-bond acceptors (Lipinski definition) is 5. The minimum absolute atomic E-state index is 0.0116. The molecule has 33 heavy (non-hydrogen) atoms. The molecule has 0 spiro atoms. The zero-order valence-corrected chi connectivity index (χ0v) is 18.8. The van der Waals surface area contributed by atoms with Gasteiger partial charge in [-0.05, 0) is 62.6 Å². The molecule has 4 fully saturated rings. The molecule has 3 saturated heterocycles. The van der Waals surface area contributed by atoms with Crippen LogP contribution in [0.3, 0.4) is 0 Å². The predicted molar refractivity (Wildman–Crippen MR) is 122 cm³/mol. The monoisotopic (exact) mass is 453 g/mol. The molecule has 1 aromatic carbocycles. The molecule has 5 N–H and O–H groups in total. The Morgan fingerprint density at radius 1 is 1.24 bits per heavy atom. The Balaban J connectivity index is 1.37. The zero-order chi connectivity index (χ0) is 23.1. The number of carbonyl (C=O) groups is 3. The number of piperidine rings is 2. The van der Waals surface area contributed by atoms with E-state index in [1.54, 1.807) is 18.1 Å². The third-order valence-electron chi connectivity index (χ3n) is 7.49. The highest BCUT2D eigenvalue weighted by Crippen LogP contribution is 2.41. The van der Waals surface area contributed by atoms with Crippen LogP contribution in [-0.4, -0.2) is 59.5 Å². The molecule has 2 bridgehead atoms. The Morgan fingerprint density at radius 3 is 2.73 bits per heavy atom. The lowest BCUT2D eigenvalue weighted by molar-refractivity contribution is -0.134. The van der Waals surface area contributed by atoms with Gasteiger partial charge in [-0.1, -0.05) is 6.07 Å². The number of benzene rings is 1. The number of hydrogen-bond donors (Lipinski definition) is 4. The molecule has 4 aliphatic rings. The van der Waals surface area contributed by atoms with Gasteiger partial charge in [0.2, 0.25) is 11.8 Å². The standard InChI is InChI=1S/C24H31N5O4/c1-33-19-4-2-3-17-16(19)12-18(27-17)24(32)29-15-7-5-13(6-8-15)21(29)23(31)28-20(25)11-14-9-10-26-22(14)30/h2-4,12-15,20-21,27H,5-11,25H2,1H3,(H,26,30)(H,28,31)/t13?,14-,15?,20-,21-/m0/s1. The first-order valence-corrected chi connectivity index (χ1v) is 11.8. The Hall–Kier alpha value is -3.07. The van der Waals surface area contributed by atoms with E-state index in [0.29, 0.717) is 24.4 Å². The predicted octanol–water partition coefficient (Wildman–Crippen LogP) is 1.49. The molecule has 176 valence electrons. The minimum atomic E-state index is -0.624. The van der Waals surface area contributed by atoms with Crippen LogP contribution < -0.4 is 21.1 Å². The second kappa shape index (κ2) is 8.70. The van der Waals surface area contributed by atoms with Gasteiger partial charge in [-0.2, -0.15) is 0 Å². The summed E-state index contributed by atoms with van der Waals surface area (Å²) in [6, 6.07) is 6.91. The van der Waals surface area contributed by atoms with Crippen LogP contribution in [0.25, 0.3) is 10.9 Å². The van der Waals surface area contributed by atoms with Crippen LogP contribution in [0.4, 0.5) is 0 Å². The number of amides is 3. The van der Waals surface area contributed by atoms with Crippen LogP contribution in [0.2, 0.25) is 0 Å². The molecule has 3 atom stereocenters. The highest BCUT2D eigenvalue weighted by Gasteiger charge is 2.48. The summed E-state index contributed by atoms with van der Waals surface area (Å²) in [6.45, 7) is 0.647. The summed E-state index contributed by atoms with van der Waals surface area (Å²) >= 11 is 0. The van der Waals surface area contributed by atoms with Crippen LogP contribution in [0, 0.1) is 11.8 Å². The Morgan fingerprint density at radius 2 is 2.03 bits per heavy atom. The van der Waals surface area contributed by atoms with Crippen molar-refractivity contribution in [2.24, 2.45) is 17.6 Å². The lowest BCUT2D eigenvalue weighted by Gasteiger charge is -2.50. The molecular formula is C24H31N5O4. The van der Waals surface area contributed by atoms with Crippen molar-refractivity contribution in [1.29, 1.82) is 0 Å². The lowest BCUT2D eigenvalue weighted by Crippen LogP contribution is -2.64. The van der Waals surface area contributed by atoms with E-state index < -0.39 is 12.2 Å². The molecule has 9 nitrogen and oxygen atoms in total. The number of carbonyl (C=O) groups excluding carboxylic acids is 3. The topological polar surface area (TPSA) is 130 Å². The smallest absolute Gasteiger partial charge is 0.271 e. The minimum Gasteiger partial charge on any atom is -0.496 e. The molecule has 6 rings (SSSR count). The lowest BCUT2D eigenvalue weighted by atomic mass is 9.74. The van der Waals surface area contributed by atoms with Crippen LogP contribution in [0.5, 0.6) is 5.75 Å². The van der Waals surface area contributed by atoms with Crippen LogP contribution in [-0.2, 0) is 9.59 Å². The number of aromatic amines is 1. The maximum Gasteiger partial charge on any atom is 0.271 e. The number of nitrogens with two attached hydrogens (primary N) is 1. The molecule has 0 unspecified atom stereocenters. The number of nitrogens with zero attached hydrogens (tertiary/aromatic N) is 1. The first-order chi connectivity index (χ1) is 16.0. The van der Waals surface area contributed by atoms with Gasteiger partial charge in [-0.25, -0.2) is 0 Å². The largest absolute Gasteiger partial charge is 0.496 e. The highest BCUT2D eigenvalue weighted by atomic mass is 16.5. The van der Waals surface area contributed by atoms with Crippen molar-refractivity contribution in [3.05, 3.63) is 30.0 Å². The van der Waals surface area contributed by atoms with Crippen LogP contribution in [0.15, 0.2) is 24.3 Å². The van der Waals surface area contributed by atoms with Crippen molar-refractivity contribution < 1.29 is 19.1 Å². The third kappa shape index (κ3) is 3.94. The van der Waals surface area contributed by atoms with Gasteiger partial charge in [0.05, 0.1) is 13.3 Å². The fourth-order valence-corrected chi connectivity index (χ4v) is 5.85. The quantitative estimate of drug-likeness (QED) is 0.493. The van der Waals surface area contributed by atoms with Gasteiger partial charge >= 0.3 is 0 Å². The Bertz CT molecular complexity index is 1070. The summed E-state index contributed by atoms with van der Waals surface area (Å²) in [6.07, 6.45) is 4.15. The van der Waals surface area contributed by atoms with Crippen molar-refractivity contribution in [2.45, 2.75) is 56.8 Å². The first-order valence-electron chi connectivity index (χ1n) is 11.8. The number of H-pyrrole nitrogens is 1. The second-order valence-electron chi connectivity index (χ2n) is 9.46. The van der Waals surface area contributed by atoms with Gasteiger partial charge < -0.3 is 31.0 Å². The van der Waals surface area contributed by atoms with Crippen molar-refractivity contribution in [3.8, 4) is 5.75 Å². The number of ether oxygens (including phenoxy) is 1. The van der Waals surface area contributed by atoms with Crippen molar-refractivity contribution in [1.82, 2.24) is 20.5 Å². The Labute approximate surface area is 192 Å². The van der Waals surface area contributed by atoms with Crippen molar-refractivity contribution in [2.75, 3.05) is 13.7 Å². The van der Waals surface area contributed by atoms with Crippen LogP contribution >= 0.6 is 0 Å². The van der Waals surface area contributed by atoms with E-state index >= 15 is 0 Å². The summed E-state index contributed by atoms with van der Waals surface area (Å²) < 4.78 is 5.43. The first kappa shape index (κ1) is 21.8. The average molecular weight is 454 g/mol. The summed E-state index contributed by atoms with van der Waals surface area (Å²) in [4.78, 5) is 43.9. The van der Waals surface area contributed by atoms with E-state index in [9.17, 15) is 14.4 Å². The average Bonchev–Trinajstić information content (AvgIpc) is 3.44. The van der Waals surface area contributed by atoms with E-state index in [1.807, 2.05) is 18.2 Å². The van der Waals surface area contributed by atoms with E-state index in [0.717, 1.165) is 43.0 Å².